The molecular formula is C22H29FN2O3S. The van der Waals surface area contributed by atoms with Crippen molar-refractivity contribution < 1.29 is 17.6 Å². The second-order valence-corrected chi connectivity index (χ2v) is 9.13. The zero-order chi connectivity index (χ0) is 21.8. The highest BCUT2D eigenvalue weighted by molar-refractivity contribution is 7.92. The van der Waals surface area contributed by atoms with Crippen LogP contribution in [0.15, 0.2) is 42.5 Å². The summed E-state index contributed by atoms with van der Waals surface area (Å²) in [4.78, 5) is 13.1. The van der Waals surface area contributed by atoms with Gasteiger partial charge in [0.15, 0.2) is 0 Å². The van der Waals surface area contributed by atoms with Gasteiger partial charge in [-0.2, -0.15) is 0 Å². The lowest BCUT2D eigenvalue weighted by molar-refractivity contribution is -0.123. The zero-order valence-electron chi connectivity index (χ0n) is 17.6. The number of nitrogens with one attached hydrogen (secondary N) is 1. The summed E-state index contributed by atoms with van der Waals surface area (Å²) in [5.74, 6) is -0.854. The first-order chi connectivity index (χ1) is 13.6. The summed E-state index contributed by atoms with van der Waals surface area (Å²) in [7, 11) is -3.76. The maximum atomic E-state index is 13.3. The molecule has 0 aromatic heterocycles. The summed E-state index contributed by atoms with van der Waals surface area (Å²) in [6.07, 6.45) is 1.99. The van der Waals surface area contributed by atoms with Gasteiger partial charge in [-0.3, -0.25) is 9.10 Å². The Balaban J connectivity index is 2.34. The summed E-state index contributed by atoms with van der Waals surface area (Å²) in [5.41, 5.74) is 3.54. The van der Waals surface area contributed by atoms with Crippen molar-refractivity contribution in [1.29, 1.82) is 0 Å². The number of hydrogen-bond acceptors (Lipinski definition) is 3. The van der Waals surface area contributed by atoms with Crippen LogP contribution >= 0.6 is 0 Å². The Hall–Kier alpha value is -2.41. The summed E-state index contributed by atoms with van der Waals surface area (Å²) >= 11 is 0. The topological polar surface area (TPSA) is 66.5 Å². The third-order valence-electron chi connectivity index (χ3n) is 5.07. The first kappa shape index (κ1) is 22.9. The summed E-state index contributed by atoms with van der Waals surface area (Å²) in [6, 6.07) is 9.97. The Morgan fingerprint density at radius 3 is 2.14 bits per heavy atom. The fourth-order valence-electron chi connectivity index (χ4n) is 3.32. The second kappa shape index (κ2) is 9.39. The van der Waals surface area contributed by atoms with E-state index in [0.717, 1.165) is 21.7 Å². The summed E-state index contributed by atoms with van der Waals surface area (Å²) in [6.45, 7) is 7.76. The van der Waals surface area contributed by atoms with Gasteiger partial charge in [0.1, 0.15) is 11.9 Å². The Morgan fingerprint density at radius 2 is 1.66 bits per heavy atom. The summed E-state index contributed by atoms with van der Waals surface area (Å²) < 4.78 is 39.3. The van der Waals surface area contributed by atoms with Crippen LogP contribution in [0.5, 0.6) is 0 Å². The van der Waals surface area contributed by atoms with E-state index in [2.05, 4.69) is 5.32 Å². The predicted molar refractivity (Wildman–Crippen MR) is 115 cm³/mol. The Morgan fingerprint density at radius 1 is 1.03 bits per heavy atom. The first-order valence-corrected chi connectivity index (χ1v) is 11.6. The van der Waals surface area contributed by atoms with E-state index in [0.29, 0.717) is 6.42 Å². The van der Waals surface area contributed by atoms with Gasteiger partial charge in [0.05, 0.1) is 18.0 Å². The van der Waals surface area contributed by atoms with E-state index in [1.165, 1.54) is 29.8 Å². The van der Waals surface area contributed by atoms with Crippen molar-refractivity contribution in [2.75, 3.05) is 10.6 Å². The van der Waals surface area contributed by atoms with Crippen LogP contribution in [0.25, 0.3) is 0 Å². The molecule has 1 N–H and O–H groups in total. The molecule has 2 aromatic rings. The van der Waals surface area contributed by atoms with Crippen molar-refractivity contribution in [1.82, 2.24) is 5.32 Å². The standard InChI is InChI=1S/C22H29FN2O3S/c1-6-20(17-9-8-15(3)16(4)14-17)24-22(26)21(7-2)25(29(5,27)28)19-12-10-18(23)11-13-19/h8-14,20-21H,6-7H2,1-5H3,(H,24,26)/t20-,21-/m0/s1. The molecule has 0 unspecified atom stereocenters. The Kier molecular flexibility index (Phi) is 7.41. The highest BCUT2D eigenvalue weighted by Crippen LogP contribution is 2.25. The zero-order valence-corrected chi connectivity index (χ0v) is 18.4. The van der Waals surface area contributed by atoms with Crippen molar-refractivity contribution in [2.45, 2.75) is 52.6 Å². The molecule has 1 amide bonds. The molecule has 0 heterocycles. The van der Waals surface area contributed by atoms with Gasteiger partial charge in [0.25, 0.3) is 0 Å². The van der Waals surface area contributed by atoms with Gasteiger partial charge in [-0.15, -0.1) is 0 Å². The number of carbonyl (C=O) groups excluding carboxylic acids is 1. The average molecular weight is 421 g/mol. The minimum atomic E-state index is -3.76. The molecule has 7 heteroatoms. The van der Waals surface area contributed by atoms with Crippen LogP contribution in [0.4, 0.5) is 10.1 Å². The molecule has 158 valence electrons. The predicted octanol–water partition coefficient (Wildman–Crippen LogP) is 4.25. The molecule has 2 atom stereocenters. The largest absolute Gasteiger partial charge is 0.347 e. The fraction of sp³-hybridized carbons (Fsp3) is 0.409. The van der Waals surface area contributed by atoms with Crippen LogP contribution in [0.1, 0.15) is 49.4 Å². The van der Waals surface area contributed by atoms with E-state index in [1.54, 1.807) is 6.92 Å². The second-order valence-electron chi connectivity index (χ2n) is 7.27. The van der Waals surface area contributed by atoms with Crippen LogP contribution < -0.4 is 9.62 Å². The number of anilines is 1. The number of carbonyl (C=O) groups is 1. The highest BCUT2D eigenvalue weighted by Gasteiger charge is 2.32. The molecule has 0 saturated heterocycles. The van der Waals surface area contributed by atoms with E-state index < -0.39 is 21.9 Å². The maximum Gasteiger partial charge on any atom is 0.244 e. The van der Waals surface area contributed by atoms with Gasteiger partial charge >= 0.3 is 0 Å². The van der Waals surface area contributed by atoms with Crippen LogP contribution in [0, 0.1) is 19.7 Å². The number of hydrogen-bond donors (Lipinski definition) is 1. The van der Waals surface area contributed by atoms with Crippen LogP contribution in [-0.2, 0) is 14.8 Å². The van der Waals surface area contributed by atoms with E-state index >= 15 is 0 Å². The summed E-state index contributed by atoms with van der Waals surface area (Å²) in [5, 5.41) is 3.00. The van der Waals surface area contributed by atoms with Crippen molar-refractivity contribution >= 4 is 21.6 Å². The number of sulfonamides is 1. The highest BCUT2D eigenvalue weighted by atomic mass is 32.2. The van der Waals surface area contributed by atoms with E-state index in [4.69, 9.17) is 0 Å². The smallest absolute Gasteiger partial charge is 0.244 e. The molecule has 2 aromatic carbocycles. The molecule has 0 aliphatic rings. The van der Waals surface area contributed by atoms with Crippen molar-refractivity contribution in [3.63, 3.8) is 0 Å². The lowest BCUT2D eigenvalue weighted by Gasteiger charge is -2.31. The van der Waals surface area contributed by atoms with Gasteiger partial charge in [0, 0.05) is 0 Å². The molecule has 0 spiro atoms. The quantitative estimate of drug-likeness (QED) is 0.694. The third-order valence-corrected chi connectivity index (χ3v) is 6.25. The molecule has 29 heavy (non-hydrogen) atoms. The van der Waals surface area contributed by atoms with Gasteiger partial charge in [-0.05, 0) is 67.6 Å². The molecule has 0 aliphatic heterocycles. The van der Waals surface area contributed by atoms with Crippen LogP contribution in [0.2, 0.25) is 0 Å². The van der Waals surface area contributed by atoms with Gasteiger partial charge < -0.3 is 5.32 Å². The van der Waals surface area contributed by atoms with E-state index in [1.807, 2.05) is 39.0 Å². The monoisotopic (exact) mass is 420 g/mol. The SMILES string of the molecule is CC[C@H](NC(=O)[C@H](CC)N(c1ccc(F)cc1)S(C)(=O)=O)c1ccc(C)c(C)c1. The molecular weight excluding hydrogens is 391 g/mol. The van der Waals surface area contributed by atoms with E-state index in [9.17, 15) is 17.6 Å². The van der Waals surface area contributed by atoms with Crippen molar-refractivity contribution in [2.24, 2.45) is 0 Å². The fourth-order valence-corrected chi connectivity index (χ4v) is 4.53. The van der Waals surface area contributed by atoms with Crippen LogP contribution in [-0.4, -0.2) is 26.6 Å². The molecule has 0 radical (unpaired) electrons. The number of amides is 1. The third kappa shape index (κ3) is 5.56. The average Bonchev–Trinajstić information content (AvgIpc) is 2.66. The van der Waals surface area contributed by atoms with Crippen molar-refractivity contribution in [3.05, 3.63) is 65.0 Å². The number of halogens is 1. The molecule has 0 saturated carbocycles. The molecule has 5 nitrogen and oxygen atoms in total. The van der Waals surface area contributed by atoms with E-state index in [-0.39, 0.29) is 24.1 Å². The lowest BCUT2D eigenvalue weighted by Crippen LogP contribution is -2.50. The minimum Gasteiger partial charge on any atom is -0.347 e. The van der Waals surface area contributed by atoms with Crippen LogP contribution in [0.3, 0.4) is 0 Å². The number of nitrogens with zero attached hydrogens (tertiary/aromatic N) is 1. The molecule has 2 rings (SSSR count). The first-order valence-electron chi connectivity index (χ1n) is 9.71. The number of aryl methyl sites for hydroxylation is 2. The van der Waals surface area contributed by atoms with Crippen molar-refractivity contribution in [3.8, 4) is 0 Å². The molecule has 0 aliphatic carbocycles. The van der Waals surface area contributed by atoms with Gasteiger partial charge in [-0.25, -0.2) is 12.8 Å². The Bertz CT molecular complexity index is 959. The number of benzene rings is 2. The number of rotatable bonds is 8. The molecule has 0 bridgehead atoms. The lowest BCUT2D eigenvalue weighted by atomic mass is 9.99. The minimum absolute atomic E-state index is 0.231. The van der Waals surface area contributed by atoms with Gasteiger partial charge in [0.2, 0.25) is 15.9 Å². The van der Waals surface area contributed by atoms with Gasteiger partial charge in [-0.1, -0.05) is 32.0 Å². The maximum absolute atomic E-state index is 13.3. The molecule has 0 fully saturated rings. The Labute approximate surface area is 173 Å². The normalized spacial score (nSPS) is 13.6.